The summed E-state index contributed by atoms with van der Waals surface area (Å²) in [7, 11) is 0. The van der Waals surface area contributed by atoms with Crippen molar-refractivity contribution in [2.75, 3.05) is 13.2 Å². The second kappa shape index (κ2) is 6.38. The molecule has 1 aromatic heterocycles. The third-order valence-corrected chi connectivity index (χ3v) is 2.95. The summed E-state index contributed by atoms with van der Waals surface area (Å²) in [4.78, 5) is 4.35. The molecule has 0 aliphatic carbocycles. The molecule has 0 bridgehead atoms. The van der Waals surface area contributed by atoms with Crippen LogP contribution < -0.4 is 4.74 Å². The number of hydrogen-bond acceptors (Lipinski definition) is 4. The van der Waals surface area contributed by atoms with Crippen LogP contribution in [0.25, 0.3) is 0 Å². The average molecular weight is 261 g/mol. The van der Waals surface area contributed by atoms with Gasteiger partial charge in [0.15, 0.2) is 5.89 Å². The Morgan fingerprint density at radius 3 is 2.74 bits per heavy atom. The van der Waals surface area contributed by atoms with Gasteiger partial charge in [0.2, 0.25) is 0 Å². The molecule has 0 amide bonds. The van der Waals surface area contributed by atoms with Crippen molar-refractivity contribution in [2.45, 2.75) is 26.7 Å². The van der Waals surface area contributed by atoms with Crippen LogP contribution in [-0.4, -0.2) is 23.3 Å². The van der Waals surface area contributed by atoms with E-state index < -0.39 is 0 Å². The summed E-state index contributed by atoms with van der Waals surface area (Å²) in [6.07, 6.45) is 1.16. The Balaban J connectivity index is 1.89. The smallest absolute Gasteiger partial charge is 0.198 e. The van der Waals surface area contributed by atoms with Gasteiger partial charge in [0.05, 0.1) is 18.7 Å². The molecule has 2 aromatic rings. The zero-order valence-corrected chi connectivity index (χ0v) is 11.3. The summed E-state index contributed by atoms with van der Waals surface area (Å²) in [6, 6.07) is 7.91. The molecule has 1 aromatic carbocycles. The number of para-hydroxylation sites is 1. The van der Waals surface area contributed by atoms with Crippen LogP contribution in [0.1, 0.15) is 22.9 Å². The van der Waals surface area contributed by atoms with Gasteiger partial charge >= 0.3 is 0 Å². The minimum Gasteiger partial charge on any atom is -0.493 e. The van der Waals surface area contributed by atoms with Crippen molar-refractivity contribution in [3.8, 4) is 5.75 Å². The Labute approximate surface area is 113 Å². The van der Waals surface area contributed by atoms with E-state index in [1.165, 1.54) is 0 Å². The number of nitrogens with zero attached hydrogens (tertiary/aromatic N) is 1. The van der Waals surface area contributed by atoms with Crippen molar-refractivity contribution < 1.29 is 14.3 Å². The Kier molecular flexibility index (Phi) is 4.58. The molecule has 1 heterocycles. The van der Waals surface area contributed by atoms with Crippen LogP contribution in [0.2, 0.25) is 0 Å². The zero-order chi connectivity index (χ0) is 13.7. The summed E-state index contributed by atoms with van der Waals surface area (Å²) < 4.78 is 11.2. The van der Waals surface area contributed by atoms with Gasteiger partial charge in [-0.05, 0) is 25.5 Å². The molecule has 1 N–H and O–H groups in total. The highest BCUT2D eigenvalue weighted by Gasteiger charge is 2.09. The van der Waals surface area contributed by atoms with E-state index in [-0.39, 0.29) is 6.61 Å². The Morgan fingerprint density at radius 2 is 2.00 bits per heavy atom. The van der Waals surface area contributed by atoms with Gasteiger partial charge in [0.1, 0.15) is 11.5 Å². The van der Waals surface area contributed by atoms with Crippen molar-refractivity contribution in [1.82, 2.24) is 4.98 Å². The third kappa shape index (κ3) is 3.58. The molecule has 0 fully saturated rings. The first kappa shape index (κ1) is 13.6. The lowest BCUT2D eigenvalue weighted by Gasteiger charge is -2.07. The lowest BCUT2D eigenvalue weighted by molar-refractivity contribution is 0.297. The first-order chi connectivity index (χ1) is 9.20. The van der Waals surface area contributed by atoms with Gasteiger partial charge in [-0.3, -0.25) is 0 Å². The van der Waals surface area contributed by atoms with Crippen molar-refractivity contribution >= 4 is 0 Å². The molecule has 0 unspecified atom stereocenters. The van der Waals surface area contributed by atoms with E-state index >= 15 is 0 Å². The van der Waals surface area contributed by atoms with Crippen molar-refractivity contribution in [1.29, 1.82) is 0 Å². The molecule has 0 atom stereocenters. The fourth-order valence-corrected chi connectivity index (χ4v) is 1.90. The molecule has 2 rings (SSSR count). The molecule has 0 spiro atoms. The van der Waals surface area contributed by atoms with E-state index in [1.54, 1.807) is 0 Å². The number of aliphatic hydroxyl groups excluding tert-OH is 1. The van der Waals surface area contributed by atoms with E-state index in [0.29, 0.717) is 25.3 Å². The highest BCUT2D eigenvalue weighted by atomic mass is 16.5. The SMILES string of the molecule is Cc1ccccc1OCCc1nc(CCO)c(C)o1. The van der Waals surface area contributed by atoms with Gasteiger partial charge < -0.3 is 14.3 Å². The lowest BCUT2D eigenvalue weighted by atomic mass is 10.2. The zero-order valence-electron chi connectivity index (χ0n) is 11.3. The average Bonchev–Trinajstić information content (AvgIpc) is 2.73. The summed E-state index contributed by atoms with van der Waals surface area (Å²) in [5, 5.41) is 8.90. The van der Waals surface area contributed by atoms with E-state index in [2.05, 4.69) is 4.98 Å². The lowest BCUT2D eigenvalue weighted by Crippen LogP contribution is -2.03. The maximum Gasteiger partial charge on any atom is 0.198 e. The summed E-state index contributed by atoms with van der Waals surface area (Å²) in [6.45, 7) is 4.50. The maximum atomic E-state index is 8.90. The number of aliphatic hydroxyl groups is 1. The Morgan fingerprint density at radius 1 is 1.21 bits per heavy atom. The normalized spacial score (nSPS) is 10.7. The van der Waals surface area contributed by atoms with E-state index in [4.69, 9.17) is 14.3 Å². The third-order valence-electron chi connectivity index (χ3n) is 2.95. The second-order valence-corrected chi connectivity index (χ2v) is 4.45. The molecule has 0 aliphatic heterocycles. The van der Waals surface area contributed by atoms with Crippen molar-refractivity contribution in [3.05, 3.63) is 47.2 Å². The number of aryl methyl sites for hydroxylation is 2. The monoisotopic (exact) mass is 261 g/mol. The summed E-state index contributed by atoms with van der Waals surface area (Å²) >= 11 is 0. The largest absolute Gasteiger partial charge is 0.493 e. The molecule has 4 heteroatoms. The van der Waals surface area contributed by atoms with Crippen LogP contribution in [0.15, 0.2) is 28.7 Å². The first-order valence-corrected chi connectivity index (χ1v) is 6.45. The van der Waals surface area contributed by atoms with Gasteiger partial charge in [0, 0.05) is 13.0 Å². The quantitative estimate of drug-likeness (QED) is 0.867. The second-order valence-electron chi connectivity index (χ2n) is 4.45. The van der Waals surface area contributed by atoms with E-state index in [9.17, 15) is 0 Å². The molecule has 0 aliphatic rings. The number of aromatic nitrogens is 1. The fourth-order valence-electron chi connectivity index (χ4n) is 1.90. The van der Waals surface area contributed by atoms with Gasteiger partial charge in [0.25, 0.3) is 0 Å². The van der Waals surface area contributed by atoms with Gasteiger partial charge in [-0.2, -0.15) is 0 Å². The maximum absolute atomic E-state index is 8.90. The number of rotatable bonds is 6. The van der Waals surface area contributed by atoms with Crippen LogP contribution in [0.3, 0.4) is 0 Å². The molecule has 0 saturated heterocycles. The molecule has 19 heavy (non-hydrogen) atoms. The summed E-state index contributed by atoms with van der Waals surface area (Å²) in [5.41, 5.74) is 1.94. The fraction of sp³-hybridized carbons (Fsp3) is 0.400. The van der Waals surface area contributed by atoms with Crippen LogP contribution in [-0.2, 0) is 12.8 Å². The summed E-state index contributed by atoms with van der Waals surface area (Å²) in [5.74, 6) is 2.33. The Hall–Kier alpha value is -1.81. The van der Waals surface area contributed by atoms with Crippen LogP contribution >= 0.6 is 0 Å². The number of ether oxygens (including phenoxy) is 1. The molecular formula is C15H19NO3. The molecular weight excluding hydrogens is 242 g/mol. The minimum absolute atomic E-state index is 0.0898. The highest BCUT2D eigenvalue weighted by molar-refractivity contribution is 5.31. The van der Waals surface area contributed by atoms with E-state index in [0.717, 1.165) is 22.8 Å². The van der Waals surface area contributed by atoms with E-state index in [1.807, 2.05) is 38.1 Å². The minimum atomic E-state index is 0.0898. The van der Waals surface area contributed by atoms with Crippen LogP contribution in [0.4, 0.5) is 0 Å². The van der Waals surface area contributed by atoms with Gasteiger partial charge in [-0.25, -0.2) is 4.98 Å². The predicted octanol–water partition coefficient (Wildman–Crippen LogP) is 2.45. The van der Waals surface area contributed by atoms with Crippen molar-refractivity contribution in [2.24, 2.45) is 0 Å². The predicted molar refractivity (Wildman–Crippen MR) is 72.4 cm³/mol. The molecule has 0 saturated carbocycles. The van der Waals surface area contributed by atoms with Crippen molar-refractivity contribution in [3.63, 3.8) is 0 Å². The number of benzene rings is 1. The van der Waals surface area contributed by atoms with Gasteiger partial charge in [-0.15, -0.1) is 0 Å². The van der Waals surface area contributed by atoms with Crippen LogP contribution in [0.5, 0.6) is 5.75 Å². The Bertz CT molecular complexity index is 534. The van der Waals surface area contributed by atoms with Gasteiger partial charge in [-0.1, -0.05) is 18.2 Å². The topological polar surface area (TPSA) is 55.5 Å². The van der Waals surface area contributed by atoms with Crippen LogP contribution in [0, 0.1) is 13.8 Å². The standard InChI is InChI=1S/C15H19NO3/c1-11-5-3-4-6-14(11)18-10-8-15-16-13(7-9-17)12(2)19-15/h3-6,17H,7-10H2,1-2H3. The number of hydrogen-bond donors (Lipinski definition) is 1. The first-order valence-electron chi connectivity index (χ1n) is 6.45. The number of oxazole rings is 1. The highest BCUT2D eigenvalue weighted by Crippen LogP contribution is 2.17. The molecule has 102 valence electrons. The molecule has 0 radical (unpaired) electrons. The molecule has 4 nitrogen and oxygen atoms in total.